The molecule has 1 heterocycles. The summed E-state index contributed by atoms with van der Waals surface area (Å²) in [5.74, 6) is -0.493. The number of ketones is 1. The van der Waals surface area contributed by atoms with Crippen LogP contribution in [-0.4, -0.2) is 43.5 Å². The van der Waals surface area contributed by atoms with Gasteiger partial charge < -0.3 is 10.5 Å². The van der Waals surface area contributed by atoms with Gasteiger partial charge in [-0.15, -0.1) is 0 Å². The second-order valence-electron chi connectivity index (χ2n) is 4.36. The molecule has 0 amide bonds. The van der Waals surface area contributed by atoms with E-state index in [1.807, 2.05) is 0 Å². The van der Waals surface area contributed by atoms with Crippen LogP contribution >= 0.6 is 0 Å². The quantitative estimate of drug-likeness (QED) is 0.648. The van der Waals surface area contributed by atoms with Gasteiger partial charge in [0.25, 0.3) is 0 Å². The number of nitrogen functional groups attached to an aromatic ring is 1. The van der Waals surface area contributed by atoms with Gasteiger partial charge in [0.15, 0.2) is 5.78 Å². The number of ether oxygens (including phenoxy) is 1. The van der Waals surface area contributed by atoms with Crippen molar-refractivity contribution in [3.05, 3.63) is 29.6 Å². The van der Waals surface area contributed by atoms with E-state index in [9.17, 15) is 9.18 Å². The Morgan fingerprint density at radius 2 is 2.11 bits per heavy atom. The van der Waals surface area contributed by atoms with Crippen molar-refractivity contribution in [1.29, 1.82) is 0 Å². The van der Waals surface area contributed by atoms with Gasteiger partial charge in [0, 0.05) is 31.6 Å². The number of nitrogens with zero attached hydrogens (tertiary/aromatic N) is 1. The SMILES string of the molecule is Nc1cc(C(=O)CCN2CCOCC2)ccc1F. The van der Waals surface area contributed by atoms with E-state index in [0.29, 0.717) is 18.5 Å². The van der Waals surface area contributed by atoms with E-state index in [0.717, 1.165) is 26.3 Å². The first-order valence-corrected chi connectivity index (χ1v) is 6.05. The molecule has 0 radical (unpaired) electrons. The number of carbonyl (C=O) groups excluding carboxylic acids is 1. The Hall–Kier alpha value is -1.46. The molecule has 1 aromatic carbocycles. The summed E-state index contributed by atoms with van der Waals surface area (Å²) < 4.78 is 18.2. The van der Waals surface area contributed by atoms with Crippen molar-refractivity contribution in [2.75, 3.05) is 38.6 Å². The lowest BCUT2D eigenvalue weighted by molar-refractivity contribution is 0.0370. The number of hydrogen-bond acceptors (Lipinski definition) is 4. The standard InChI is InChI=1S/C13H17FN2O2/c14-11-2-1-10(9-12(11)15)13(17)3-4-16-5-7-18-8-6-16/h1-2,9H,3-8,15H2. The van der Waals surface area contributed by atoms with Crippen molar-refractivity contribution in [1.82, 2.24) is 4.90 Å². The van der Waals surface area contributed by atoms with Gasteiger partial charge in [0.05, 0.1) is 18.9 Å². The summed E-state index contributed by atoms with van der Waals surface area (Å²) in [7, 11) is 0. The fourth-order valence-corrected chi connectivity index (χ4v) is 1.95. The lowest BCUT2D eigenvalue weighted by Gasteiger charge is -2.26. The van der Waals surface area contributed by atoms with Gasteiger partial charge in [-0.25, -0.2) is 4.39 Å². The van der Waals surface area contributed by atoms with E-state index < -0.39 is 5.82 Å². The van der Waals surface area contributed by atoms with E-state index in [1.165, 1.54) is 18.2 Å². The molecule has 4 nitrogen and oxygen atoms in total. The minimum Gasteiger partial charge on any atom is -0.396 e. The largest absolute Gasteiger partial charge is 0.396 e. The lowest BCUT2D eigenvalue weighted by Crippen LogP contribution is -2.37. The Kier molecular flexibility index (Phi) is 4.28. The van der Waals surface area contributed by atoms with E-state index in [4.69, 9.17) is 10.5 Å². The predicted molar refractivity (Wildman–Crippen MR) is 67.0 cm³/mol. The first-order valence-electron chi connectivity index (χ1n) is 6.05. The minimum absolute atomic E-state index is 0.00630. The van der Waals surface area contributed by atoms with Crippen LogP contribution in [0.2, 0.25) is 0 Å². The summed E-state index contributed by atoms with van der Waals surface area (Å²) in [5, 5.41) is 0. The molecule has 0 atom stereocenters. The molecule has 1 saturated heterocycles. The Morgan fingerprint density at radius 3 is 2.78 bits per heavy atom. The molecule has 18 heavy (non-hydrogen) atoms. The summed E-state index contributed by atoms with van der Waals surface area (Å²) in [4.78, 5) is 14.1. The summed E-state index contributed by atoms with van der Waals surface area (Å²) in [5.41, 5.74) is 5.94. The van der Waals surface area contributed by atoms with Crippen LogP contribution in [0.3, 0.4) is 0 Å². The molecule has 1 aliphatic rings. The maximum Gasteiger partial charge on any atom is 0.164 e. The average Bonchev–Trinajstić information content (AvgIpc) is 2.40. The van der Waals surface area contributed by atoms with Gasteiger partial charge in [-0.1, -0.05) is 0 Å². The molecule has 2 rings (SSSR count). The van der Waals surface area contributed by atoms with Gasteiger partial charge >= 0.3 is 0 Å². The molecule has 0 saturated carbocycles. The number of halogens is 1. The van der Waals surface area contributed by atoms with Gasteiger partial charge in [0.2, 0.25) is 0 Å². The van der Waals surface area contributed by atoms with E-state index >= 15 is 0 Å². The zero-order chi connectivity index (χ0) is 13.0. The number of morpholine rings is 1. The van der Waals surface area contributed by atoms with Crippen LogP contribution in [-0.2, 0) is 4.74 Å². The highest BCUT2D eigenvalue weighted by molar-refractivity contribution is 5.96. The fourth-order valence-electron chi connectivity index (χ4n) is 1.95. The molecule has 1 aliphatic heterocycles. The monoisotopic (exact) mass is 252 g/mol. The van der Waals surface area contributed by atoms with Crippen LogP contribution in [0.5, 0.6) is 0 Å². The van der Waals surface area contributed by atoms with E-state index in [1.54, 1.807) is 0 Å². The molecule has 5 heteroatoms. The first kappa shape index (κ1) is 13.0. The highest BCUT2D eigenvalue weighted by Crippen LogP contribution is 2.14. The highest BCUT2D eigenvalue weighted by Gasteiger charge is 2.13. The molecule has 2 N–H and O–H groups in total. The Balaban J connectivity index is 1.88. The van der Waals surface area contributed by atoms with Crippen molar-refractivity contribution < 1.29 is 13.9 Å². The van der Waals surface area contributed by atoms with Crippen molar-refractivity contribution in [2.45, 2.75) is 6.42 Å². The van der Waals surface area contributed by atoms with Gasteiger partial charge in [-0.3, -0.25) is 9.69 Å². The second kappa shape index (κ2) is 5.93. The fraction of sp³-hybridized carbons (Fsp3) is 0.462. The predicted octanol–water partition coefficient (Wildman–Crippen LogP) is 1.31. The third-order valence-electron chi connectivity index (χ3n) is 3.08. The van der Waals surface area contributed by atoms with Gasteiger partial charge in [-0.05, 0) is 18.2 Å². The van der Waals surface area contributed by atoms with E-state index in [2.05, 4.69) is 4.90 Å². The minimum atomic E-state index is -0.486. The zero-order valence-electron chi connectivity index (χ0n) is 10.2. The molecule has 1 fully saturated rings. The van der Waals surface area contributed by atoms with Gasteiger partial charge in [0.1, 0.15) is 5.82 Å². The number of hydrogen-bond donors (Lipinski definition) is 1. The van der Waals surface area contributed by atoms with Crippen LogP contribution in [0.15, 0.2) is 18.2 Å². The van der Waals surface area contributed by atoms with Crippen LogP contribution in [0.4, 0.5) is 10.1 Å². The highest BCUT2D eigenvalue weighted by atomic mass is 19.1. The van der Waals surface area contributed by atoms with Crippen molar-refractivity contribution >= 4 is 11.5 Å². The average molecular weight is 252 g/mol. The Morgan fingerprint density at radius 1 is 1.39 bits per heavy atom. The maximum absolute atomic E-state index is 13.0. The number of anilines is 1. The topological polar surface area (TPSA) is 55.6 Å². The maximum atomic E-state index is 13.0. The smallest absolute Gasteiger partial charge is 0.164 e. The molecule has 1 aromatic rings. The number of Topliss-reactive ketones (excluding diaryl/α,β-unsaturated/α-hetero) is 1. The molecule has 0 aromatic heterocycles. The summed E-state index contributed by atoms with van der Waals surface area (Å²) in [6.45, 7) is 3.87. The molecule has 0 bridgehead atoms. The Labute approximate surface area is 106 Å². The zero-order valence-corrected chi connectivity index (χ0v) is 10.2. The number of benzene rings is 1. The van der Waals surface area contributed by atoms with Crippen molar-refractivity contribution in [2.24, 2.45) is 0 Å². The number of nitrogens with two attached hydrogens (primary N) is 1. The molecule has 0 spiro atoms. The van der Waals surface area contributed by atoms with Crippen LogP contribution < -0.4 is 5.73 Å². The Bertz CT molecular complexity index is 431. The molecule has 98 valence electrons. The number of rotatable bonds is 4. The molecular formula is C13H17FN2O2. The van der Waals surface area contributed by atoms with Crippen LogP contribution in [0, 0.1) is 5.82 Å². The molecule has 0 unspecified atom stereocenters. The lowest BCUT2D eigenvalue weighted by atomic mass is 10.1. The normalized spacial score (nSPS) is 16.7. The summed E-state index contributed by atoms with van der Waals surface area (Å²) >= 11 is 0. The third-order valence-corrected chi connectivity index (χ3v) is 3.08. The third kappa shape index (κ3) is 3.27. The van der Waals surface area contributed by atoms with Crippen LogP contribution in [0.25, 0.3) is 0 Å². The number of carbonyl (C=O) groups is 1. The summed E-state index contributed by atoms with van der Waals surface area (Å²) in [6.07, 6.45) is 0.422. The second-order valence-corrected chi connectivity index (χ2v) is 4.36. The van der Waals surface area contributed by atoms with E-state index in [-0.39, 0.29) is 11.5 Å². The van der Waals surface area contributed by atoms with Crippen LogP contribution in [0.1, 0.15) is 16.8 Å². The first-order chi connectivity index (χ1) is 8.66. The van der Waals surface area contributed by atoms with Crippen molar-refractivity contribution in [3.63, 3.8) is 0 Å². The molecule has 0 aliphatic carbocycles. The van der Waals surface area contributed by atoms with Crippen molar-refractivity contribution in [3.8, 4) is 0 Å². The summed E-state index contributed by atoms with van der Waals surface area (Å²) in [6, 6.07) is 4.11. The molecular weight excluding hydrogens is 235 g/mol. The van der Waals surface area contributed by atoms with Gasteiger partial charge in [-0.2, -0.15) is 0 Å².